The average Bonchev–Trinajstić information content (AvgIpc) is 2.77. The van der Waals surface area contributed by atoms with Crippen LogP contribution in [0.3, 0.4) is 0 Å². The highest BCUT2D eigenvalue weighted by Crippen LogP contribution is 2.22. The Labute approximate surface area is 101 Å². The molecule has 0 amide bonds. The first-order chi connectivity index (χ1) is 8.47. The van der Waals surface area contributed by atoms with Gasteiger partial charge in [-0.05, 0) is 12.1 Å². The van der Waals surface area contributed by atoms with Crippen molar-refractivity contribution in [2.75, 3.05) is 0 Å². The van der Waals surface area contributed by atoms with Gasteiger partial charge in [0.15, 0.2) is 6.10 Å². The van der Waals surface area contributed by atoms with Crippen molar-refractivity contribution >= 4 is 0 Å². The molecule has 2 rings (SSSR count). The predicted molar refractivity (Wildman–Crippen MR) is 57.1 cm³/mol. The van der Waals surface area contributed by atoms with Crippen molar-refractivity contribution in [1.82, 2.24) is 15.0 Å². The second-order valence-electron chi connectivity index (χ2n) is 3.75. The molecule has 0 saturated heterocycles. The van der Waals surface area contributed by atoms with E-state index < -0.39 is 18.7 Å². The van der Waals surface area contributed by atoms with Crippen LogP contribution in [0.2, 0.25) is 0 Å². The molecule has 2 aromatic rings. The summed E-state index contributed by atoms with van der Waals surface area (Å²) in [7, 11) is 0. The van der Waals surface area contributed by atoms with Gasteiger partial charge in [-0.25, -0.2) is 4.68 Å². The van der Waals surface area contributed by atoms with Gasteiger partial charge in [-0.1, -0.05) is 23.4 Å². The Balaban J connectivity index is 2.12. The van der Waals surface area contributed by atoms with Crippen LogP contribution < -0.4 is 0 Å². The van der Waals surface area contributed by atoms with E-state index in [1.165, 1.54) is 10.9 Å². The summed E-state index contributed by atoms with van der Waals surface area (Å²) in [4.78, 5) is 0. The second kappa shape index (κ2) is 4.77. The number of rotatable bonds is 3. The fourth-order valence-corrected chi connectivity index (χ4v) is 1.41. The van der Waals surface area contributed by atoms with Crippen LogP contribution in [0.5, 0.6) is 0 Å². The maximum atomic E-state index is 12.2. The summed E-state index contributed by atoms with van der Waals surface area (Å²) < 4.78 is 37.8. The quantitative estimate of drug-likeness (QED) is 0.911. The Morgan fingerprint density at radius 2 is 1.89 bits per heavy atom. The Morgan fingerprint density at radius 1 is 1.22 bits per heavy atom. The maximum Gasteiger partial charge on any atom is 0.414 e. The Morgan fingerprint density at radius 3 is 2.50 bits per heavy atom. The van der Waals surface area contributed by atoms with E-state index in [9.17, 15) is 13.2 Å². The molecule has 4 nitrogen and oxygen atoms in total. The van der Waals surface area contributed by atoms with Gasteiger partial charge in [0.05, 0.1) is 17.6 Å². The zero-order valence-corrected chi connectivity index (χ0v) is 9.17. The number of alkyl halides is 3. The van der Waals surface area contributed by atoms with Gasteiger partial charge in [-0.15, -0.1) is 5.10 Å². The molecule has 18 heavy (non-hydrogen) atoms. The largest absolute Gasteiger partial charge is 0.414 e. The molecular formula is C11H10F3N3O. The lowest BCUT2D eigenvalue weighted by Crippen LogP contribution is -2.30. The number of halogens is 3. The summed E-state index contributed by atoms with van der Waals surface area (Å²) >= 11 is 0. The number of aromatic nitrogens is 3. The molecule has 0 fully saturated rings. The molecular weight excluding hydrogens is 247 g/mol. The number of hydrogen-bond donors (Lipinski definition) is 1. The number of aliphatic hydroxyl groups is 1. The van der Waals surface area contributed by atoms with E-state index in [0.717, 1.165) is 0 Å². The smallest absolute Gasteiger partial charge is 0.383 e. The average molecular weight is 257 g/mol. The van der Waals surface area contributed by atoms with E-state index in [1.54, 1.807) is 24.3 Å². The number of benzene rings is 1. The third-order valence-corrected chi connectivity index (χ3v) is 2.34. The summed E-state index contributed by atoms with van der Waals surface area (Å²) in [5.74, 6) is 0. The zero-order chi connectivity index (χ0) is 13.2. The minimum absolute atomic E-state index is 0.0867. The normalized spacial score (nSPS) is 13.6. The van der Waals surface area contributed by atoms with Gasteiger partial charge in [0.25, 0.3) is 0 Å². The summed E-state index contributed by atoms with van der Waals surface area (Å²) in [5.41, 5.74) is 0.779. The molecule has 0 saturated carbocycles. The lowest BCUT2D eigenvalue weighted by atomic mass is 10.2. The van der Waals surface area contributed by atoms with Crippen LogP contribution in [0.15, 0.2) is 36.5 Å². The second-order valence-corrected chi connectivity index (χ2v) is 3.75. The zero-order valence-electron chi connectivity index (χ0n) is 9.17. The highest BCUT2D eigenvalue weighted by atomic mass is 19.4. The third-order valence-electron chi connectivity index (χ3n) is 2.34. The standard InChI is InChI=1S/C11H10F3N3O/c12-11(13,14)10(18)6-8-7-17(16-15-8)9-4-2-1-3-5-9/h1-5,7,10,18H,6H2. The van der Waals surface area contributed by atoms with Crippen molar-refractivity contribution in [2.24, 2.45) is 0 Å². The number of nitrogens with zero attached hydrogens (tertiary/aromatic N) is 3. The van der Waals surface area contributed by atoms with E-state index in [4.69, 9.17) is 5.11 Å². The van der Waals surface area contributed by atoms with E-state index >= 15 is 0 Å². The Hall–Kier alpha value is -1.89. The molecule has 0 aliphatic carbocycles. The van der Waals surface area contributed by atoms with Crippen LogP contribution in [0.1, 0.15) is 5.69 Å². The van der Waals surface area contributed by atoms with Gasteiger partial charge >= 0.3 is 6.18 Å². The lowest BCUT2D eigenvalue weighted by Gasteiger charge is -2.12. The van der Waals surface area contributed by atoms with Crippen molar-refractivity contribution in [3.8, 4) is 5.69 Å². The molecule has 1 aromatic carbocycles. The number of aliphatic hydroxyl groups excluding tert-OH is 1. The number of para-hydroxylation sites is 1. The van der Waals surface area contributed by atoms with Gasteiger partial charge in [-0.3, -0.25) is 0 Å². The van der Waals surface area contributed by atoms with Crippen LogP contribution in [0, 0.1) is 0 Å². The number of hydrogen-bond acceptors (Lipinski definition) is 3. The molecule has 0 aliphatic rings. The van der Waals surface area contributed by atoms with Crippen molar-refractivity contribution in [3.63, 3.8) is 0 Å². The summed E-state index contributed by atoms with van der Waals surface area (Å²) in [6.45, 7) is 0. The van der Waals surface area contributed by atoms with Crippen LogP contribution >= 0.6 is 0 Å². The fraction of sp³-hybridized carbons (Fsp3) is 0.273. The molecule has 7 heteroatoms. The summed E-state index contributed by atoms with van der Waals surface area (Å²) in [6.07, 6.45) is -6.30. The minimum Gasteiger partial charge on any atom is -0.383 e. The van der Waals surface area contributed by atoms with Crippen LogP contribution in [0.25, 0.3) is 5.69 Å². The van der Waals surface area contributed by atoms with Gasteiger partial charge in [0.2, 0.25) is 0 Å². The molecule has 0 spiro atoms. The Bertz CT molecular complexity index is 510. The summed E-state index contributed by atoms with van der Waals surface area (Å²) in [5, 5.41) is 16.2. The van der Waals surface area contributed by atoms with E-state index in [0.29, 0.717) is 5.69 Å². The molecule has 96 valence electrons. The third kappa shape index (κ3) is 2.86. The van der Waals surface area contributed by atoms with Gasteiger partial charge < -0.3 is 5.11 Å². The van der Waals surface area contributed by atoms with Crippen molar-refractivity contribution in [2.45, 2.75) is 18.7 Å². The van der Waals surface area contributed by atoms with E-state index in [-0.39, 0.29) is 5.69 Å². The van der Waals surface area contributed by atoms with Crippen LogP contribution in [0.4, 0.5) is 13.2 Å². The highest BCUT2D eigenvalue weighted by molar-refractivity contribution is 5.29. The van der Waals surface area contributed by atoms with Gasteiger partial charge in [0.1, 0.15) is 0 Å². The first-order valence-corrected chi connectivity index (χ1v) is 5.18. The topological polar surface area (TPSA) is 50.9 Å². The van der Waals surface area contributed by atoms with Crippen LogP contribution in [-0.4, -0.2) is 32.4 Å². The van der Waals surface area contributed by atoms with Crippen molar-refractivity contribution in [1.29, 1.82) is 0 Å². The molecule has 0 radical (unpaired) electrons. The first-order valence-electron chi connectivity index (χ1n) is 5.18. The predicted octanol–water partition coefficient (Wildman–Crippen LogP) is 1.73. The maximum absolute atomic E-state index is 12.2. The highest BCUT2D eigenvalue weighted by Gasteiger charge is 2.38. The van der Waals surface area contributed by atoms with Crippen molar-refractivity contribution < 1.29 is 18.3 Å². The minimum atomic E-state index is -4.64. The van der Waals surface area contributed by atoms with Crippen LogP contribution in [-0.2, 0) is 6.42 Å². The first kappa shape index (κ1) is 12.6. The molecule has 0 aliphatic heterocycles. The molecule has 1 atom stereocenters. The van der Waals surface area contributed by atoms with Gasteiger partial charge in [-0.2, -0.15) is 13.2 Å². The molecule has 0 bridgehead atoms. The molecule has 1 aromatic heterocycles. The van der Waals surface area contributed by atoms with E-state index in [1.807, 2.05) is 6.07 Å². The molecule has 1 N–H and O–H groups in total. The summed E-state index contributed by atoms with van der Waals surface area (Å²) in [6, 6.07) is 8.87. The SMILES string of the molecule is OC(Cc1cn(-c2ccccc2)nn1)C(F)(F)F. The molecule has 1 unspecified atom stereocenters. The monoisotopic (exact) mass is 257 g/mol. The van der Waals surface area contributed by atoms with Crippen molar-refractivity contribution in [3.05, 3.63) is 42.2 Å². The fourth-order valence-electron chi connectivity index (χ4n) is 1.41. The van der Waals surface area contributed by atoms with Gasteiger partial charge in [0, 0.05) is 6.42 Å². The lowest BCUT2D eigenvalue weighted by molar-refractivity contribution is -0.203. The Kier molecular flexibility index (Phi) is 3.33. The molecule has 1 heterocycles. The van der Waals surface area contributed by atoms with E-state index in [2.05, 4.69) is 10.3 Å².